The lowest BCUT2D eigenvalue weighted by atomic mass is 10.3. The molecular weight excluding hydrogens is 358 g/mol. The van der Waals surface area contributed by atoms with Crippen molar-refractivity contribution in [2.45, 2.75) is 25.3 Å². The fourth-order valence-electron chi connectivity index (χ4n) is 2.09. The Morgan fingerprint density at radius 1 is 1.15 bits per heavy atom. The molecule has 0 unspecified atom stereocenters. The number of nitrogens with one attached hydrogen (secondary N) is 2. The van der Waals surface area contributed by atoms with Crippen LogP contribution in [0.2, 0.25) is 0 Å². The van der Waals surface area contributed by atoms with Crippen LogP contribution in [0.15, 0.2) is 47.5 Å². The first-order valence-corrected chi connectivity index (χ1v) is 9.54. The molecule has 0 saturated carbocycles. The smallest absolute Gasteiger partial charge is 0.411 e. The topological polar surface area (TPSA) is 107 Å². The number of sulfonamides is 1. The molecule has 1 heterocycles. The van der Waals surface area contributed by atoms with Crippen molar-refractivity contribution < 1.29 is 22.7 Å². The average molecular weight is 379 g/mol. The molecule has 0 spiro atoms. The normalized spacial score (nSPS) is 11.0. The first-order valence-electron chi connectivity index (χ1n) is 8.06. The number of ether oxygens (including phenoxy) is 2. The molecule has 0 aliphatic rings. The summed E-state index contributed by atoms with van der Waals surface area (Å²) in [4.78, 5) is 15.7. The van der Waals surface area contributed by atoms with Crippen LogP contribution in [0.3, 0.4) is 0 Å². The lowest BCUT2D eigenvalue weighted by Crippen LogP contribution is -2.24. The van der Waals surface area contributed by atoms with Crippen molar-refractivity contribution in [2.75, 3.05) is 18.5 Å². The molecule has 0 bridgehead atoms. The van der Waals surface area contributed by atoms with E-state index in [2.05, 4.69) is 15.0 Å². The Bertz CT molecular complexity index is 841. The lowest BCUT2D eigenvalue weighted by Gasteiger charge is -2.13. The summed E-state index contributed by atoms with van der Waals surface area (Å²) >= 11 is 0. The van der Waals surface area contributed by atoms with Gasteiger partial charge < -0.3 is 9.47 Å². The standard InChI is InChI=1S/C17H21N3O5S/c1-3-24-16-9-8-14(11-15(16)20-17(21)25-4-2)26(22,23)19-12-13-7-5-6-10-18-13/h5-11,19H,3-4,12H2,1-2H3,(H,20,21). The Labute approximate surface area is 152 Å². The van der Waals surface area contributed by atoms with E-state index < -0.39 is 16.1 Å². The van der Waals surface area contributed by atoms with Gasteiger partial charge in [0, 0.05) is 6.20 Å². The van der Waals surface area contributed by atoms with Crippen molar-refractivity contribution in [2.24, 2.45) is 0 Å². The largest absolute Gasteiger partial charge is 0.492 e. The summed E-state index contributed by atoms with van der Waals surface area (Å²) in [7, 11) is -3.80. The molecule has 9 heteroatoms. The Morgan fingerprint density at radius 2 is 1.96 bits per heavy atom. The number of amides is 1. The van der Waals surface area contributed by atoms with E-state index in [1.54, 1.807) is 38.2 Å². The minimum Gasteiger partial charge on any atom is -0.492 e. The maximum atomic E-state index is 12.5. The molecule has 0 aliphatic heterocycles. The number of carbonyl (C=O) groups excluding carboxylic acids is 1. The minimum atomic E-state index is -3.80. The summed E-state index contributed by atoms with van der Waals surface area (Å²) < 4.78 is 37.8. The number of anilines is 1. The van der Waals surface area contributed by atoms with Crippen molar-refractivity contribution in [1.82, 2.24) is 9.71 Å². The number of pyridine rings is 1. The Hall–Kier alpha value is -2.65. The van der Waals surface area contributed by atoms with Crippen LogP contribution >= 0.6 is 0 Å². The summed E-state index contributed by atoms with van der Waals surface area (Å²) in [6.07, 6.45) is 0.895. The second-order valence-electron chi connectivity index (χ2n) is 5.08. The van der Waals surface area contributed by atoms with Gasteiger partial charge in [0.1, 0.15) is 5.75 Å². The summed E-state index contributed by atoms with van der Waals surface area (Å²) in [5.74, 6) is 0.351. The van der Waals surface area contributed by atoms with Crippen molar-refractivity contribution >= 4 is 21.8 Å². The van der Waals surface area contributed by atoms with Gasteiger partial charge in [-0.2, -0.15) is 0 Å². The molecule has 1 amide bonds. The van der Waals surface area contributed by atoms with Crippen LogP contribution < -0.4 is 14.8 Å². The van der Waals surface area contributed by atoms with Gasteiger partial charge in [-0.05, 0) is 44.2 Å². The van der Waals surface area contributed by atoms with Crippen LogP contribution in [0, 0.1) is 0 Å². The summed E-state index contributed by atoms with van der Waals surface area (Å²) in [5, 5.41) is 2.49. The van der Waals surface area contributed by atoms with E-state index in [1.165, 1.54) is 18.2 Å². The SMILES string of the molecule is CCOC(=O)Nc1cc(S(=O)(=O)NCc2ccccn2)ccc1OCC. The Kier molecular flexibility index (Phi) is 6.93. The van der Waals surface area contributed by atoms with E-state index >= 15 is 0 Å². The second kappa shape index (κ2) is 9.16. The van der Waals surface area contributed by atoms with Crippen LogP contribution in [-0.2, 0) is 21.3 Å². The number of hydrogen-bond acceptors (Lipinski definition) is 6. The zero-order valence-corrected chi connectivity index (χ0v) is 15.4. The molecule has 8 nitrogen and oxygen atoms in total. The summed E-state index contributed by atoms with van der Waals surface area (Å²) in [6.45, 7) is 4.07. The van der Waals surface area contributed by atoms with Gasteiger partial charge in [-0.1, -0.05) is 6.07 Å². The van der Waals surface area contributed by atoms with Crippen molar-refractivity contribution in [3.05, 3.63) is 48.3 Å². The van der Waals surface area contributed by atoms with Crippen molar-refractivity contribution in [3.63, 3.8) is 0 Å². The van der Waals surface area contributed by atoms with E-state index in [-0.39, 0.29) is 23.7 Å². The van der Waals surface area contributed by atoms with E-state index in [0.717, 1.165) is 0 Å². The van der Waals surface area contributed by atoms with Crippen LogP contribution in [-0.4, -0.2) is 32.7 Å². The zero-order chi connectivity index (χ0) is 19.0. The maximum Gasteiger partial charge on any atom is 0.411 e. The van der Waals surface area contributed by atoms with Gasteiger partial charge in [0.15, 0.2) is 0 Å². The highest BCUT2D eigenvalue weighted by Gasteiger charge is 2.18. The highest BCUT2D eigenvalue weighted by molar-refractivity contribution is 7.89. The molecule has 0 radical (unpaired) electrons. The summed E-state index contributed by atoms with van der Waals surface area (Å²) in [6, 6.07) is 9.45. The van der Waals surface area contributed by atoms with E-state index in [0.29, 0.717) is 18.1 Å². The predicted molar refractivity (Wildman–Crippen MR) is 96.5 cm³/mol. The summed E-state index contributed by atoms with van der Waals surface area (Å²) in [5.41, 5.74) is 0.804. The first kappa shape index (κ1) is 19.7. The van der Waals surface area contributed by atoms with Crippen molar-refractivity contribution in [1.29, 1.82) is 0 Å². The van der Waals surface area contributed by atoms with Gasteiger partial charge in [-0.3, -0.25) is 10.3 Å². The van der Waals surface area contributed by atoms with Gasteiger partial charge in [0.2, 0.25) is 10.0 Å². The molecule has 1 aromatic carbocycles. The Balaban J connectivity index is 2.22. The molecule has 140 valence electrons. The fourth-order valence-corrected chi connectivity index (χ4v) is 3.11. The van der Waals surface area contributed by atoms with Gasteiger partial charge in [-0.25, -0.2) is 17.9 Å². The molecule has 2 aromatic rings. The highest BCUT2D eigenvalue weighted by atomic mass is 32.2. The van der Waals surface area contributed by atoms with E-state index in [4.69, 9.17) is 9.47 Å². The van der Waals surface area contributed by atoms with Gasteiger partial charge >= 0.3 is 6.09 Å². The van der Waals surface area contributed by atoms with Gasteiger partial charge in [0.05, 0.1) is 36.0 Å². The molecule has 0 atom stereocenters. The number of aromatic nitrogens is 1. The van der Waals surface area contributed by atoms with E-state index in [9.17, 15) is 13.2 Å². The Morgan fingerprint density at radius 3 is 2.62 bits per heavy atom. The zero-order valence-electron chi connectivity index (χ0n) is 14.6. The minimum absolute atomic E-state index is 0.0105. The predicted octanol–water partition coefficient (Wildman–Crippen LogP) is 2.53. The first-order chi connectivity index (χ1) is 12.5. The molecule has 26 heavy (non-hydrogen) atoms. The molecule has 2 N–H and O–H groups in total. The molecule has 0 saturated heterocycles. The maximum absolute atomic E-state index is 12.5. The third-order valence-electron chi connectivity index (χ3n) is 3.24. The van der Waals surface area contributed by atoms with Crippen LogP contribution in [0.4, 0.5) is 10.5 Å². The second-order valence-corrected chi connectivity index (χ2v) is 6.85. The van der Waals surface area contributed by atoms with Crippen LogP contribution in [0.5, 0.6) is 5.75 Å². The molecule has 2 rings (SSSR count). The molecular formula is C17H21N3O5S. The fraction of sp³-hybridized carbons (Fsp3) is 0.294. The third-order valence-corrected chi connectivity index (χ3v) is 4.64. The number of carbonyl (C=O) groups is 1. The number of rotatable bonds is 8. The molecule has 1 aromatic heterocycles. The lowest BCUT2D eigenvalue weighted by molar-refractivity contribution is 0.167. The number of hydrogen-bond donors (Lipinski definition) is 2. The monoisotopic (exact) mass is 379 g/mol. The average Bonchev–Trinajstić information content (AvgIpc) is 2.63. The van der Waals surface area contributed by atoms with Gasteiger partial charge in [-0.15, -0.1) is 0 Å². The number of nitrogens with zero attached hydrogens (tertiary/aromatic N) is 1. The molecule has 0 aliphatic carbocycles. The molecule has 0 fully saturated rings. The quantitative estimate of drug-likeness (QED) is 0.730. The van der Waals surface area contributed by atoms with Gasteiger partial charge in [0.25, 0.3) is 0 Å². The number of benzene rings is 1. The van der Waals surface area contributed by atoms with Crippen LogP contribution in [0.25, 0.3) is 0 Å². The van der Waals surface area contributed by atoms with Crippen molar-refractivity contribution in [3.8, 4) is 5.75 Å². The van der Waals surface area contributed by atoms with E-state index in [1.807, 2.05) is 0 Å². The highest BCUT2D eigenvalue weighted by Crippen LogP contribution is 2.28. The van der Waals surface area contributed by atoms with Crippen LogP contribution in [0.1, 0.15) is 19.5 Å². The third kappa shape index (κ3) is 5.43.